The van der Waals surface area contributed by atoms with Gasteiger partial charge in [0.15, 0.2) is 0 Å². The van der Waals surface area contributed by atoms with Gasteiger partial charge in [0.1, 0.15) is 5.01 Å². The molecular weight excluding hydrogens is 299 g/mol. The molecule has 22 heavy (non-hydrogen) atoms. The second-order valence-corrected chi connectivity index (χ2v) is 7.68. The minimum absolute atomic E-state index is 0.172. The van der Waals surface area contributed by atoms with Crippen molar-refractivity contribution < 1.29 is 14.1 Å². The van der Waals surface area contributed by atoms with Crippen LogP contribution >= 0.6 is 11.3 Å². The Hall–Kier alpha value is -1.44. The Morgan fingerprint density at radius 1 is 1.27 bits per heavy atom. The number of aromatic nitrogens is 1. The minimum Gasteiger partial charge on any atom is -0.399 e. The molecule has 7 heteroatoms. The second-order valence-electron chi connectivity index (χ2n) is 6.57. The van der Waals surface area contributed by atoms with E-state index in [1.807, 2.05) is 45.9 Å². The molecule has 0 saturated carbocycles. The zero-order valence-electron chi connectivity index (χ0n) is 13.2. The number of thiazole rings is 1. The van der Waals surface area contributed by atoms with Gasteiger partial charge >= 0.3 is 7.12 Å². The third-order valence-electron chi connectivity index (χ3n) is 4.31. The van der Waals surface area contributed by atoms with Crippen LogP contribution in [0.2, 0.25) is 0 Å². The molecule has 5 nitrogen and oxygen atoms in total. The third-order valence-corrected chi connectivity index (χ3v) is 5.33. The van der Waals surface area contributed by atoms with Gasteiger partial charge in [0.25, 0.3) is 0 Å². The maximum Gasteiger partial charge on any atom is 0.494 e. The molecule has 3 rings (SSSR count). The van der Waals surface area contributed by atoms with Gasteiger partial charge < -0.3 is 15.0 Å². The van der Waals surface area contributed by atoms with E-state index in [0.29, 0.717) is 0 Å². The Kier molecular flexibility index (Phi) is 3.54. The fraction of sp³-hybridized carbons (Fsp3) is 0.467. The molecule has 2 N–H and O–H groups in total. The first-order chi connectivity index (χ1) is 10.2. The van der Waals surface area contributed by atoms with E-state index in [1.54, 1.807) is 0 Å². The average Bonchev–Trinajstić information content (AvgIpc) is 2.85. The molecule has 1 aliphatic heterocycles. The highest BCUT2D eigenvalue weighted by Crippen LogP contribution is 2.36. The van der Waals surface area contributed by atoms with Gasteiger partial charge in [-0.3, -0.25) is 4.79 Å². The maximum atomic E-state index is 11.0. The van der Waals surface area contributed by atoms with E-state index in [-0.39, 0.29) is 23.5 Å². The summed E-state index contributed by atoms with van der Waals surface area (Å²) in [6.07, 6.45) is 0.172. The highest BCUT2D eigenvalue weighted by Gasteiger charge is 2.51. The summed E-state index contributed by atoms with van der Waals surface area (Å²) < 4.78 is 13.1. The average molecular weight is 318 g/mol. The first-order valence-electron chi connectivity index (χ1n) is 7.21. The lowest BCUT2D eigenvalue weighted by molar-refractivity contribution is -0.117. The summed E-state index contributed by atoms with van der Waals surface area (Å²) in [7, 11) is -0.393. The van der Waals surface area contributed by atoms with Crippen molar-refractivity contribution in [2.45, 2.75) is 45.3 Å². The molecule has 2 aromatic rings. The fourth-order valence-electron chi connectivity index (χ4n) is 2.34. The number of carbonyl (C=O) groups is 1. The molecule has 1 amide bonds. The molecule has 0 spiro atoms. The van der Waals surface area contributed by atoms with Crippen molar-refractivity contribution in [3.8, 4) is 0 Å². The monoisotopic (exact) mass is 318 g/mol. The summed E-state index contributed by atoms with van der Waals surface area (Å²) in [6.45, 7) is 8.12. The van der Waals surface area contributed by atoms with Gasteiger partial charge in [-0.25, -0.2) is 4.98 Å². The molecule has 0 aliphatic carbocycles. The quantitative estimate of drug-likeness (QED) is 0.873. The van der Waals surface area contributed by atoms with Crippen LogP contribution in [0.5, 0.6) is 0 Å². The molecule has 1 aliphatic rings. The van der Waals surface area contributed by atoms with E-state index in [0.717, 1.165) is 20.7 Å². The first kappa shape index (κ1) is 15.5. The summed E-state index contributed by atoms with van der Waals surface area (Å²) in [5, 5.41) is 0.730. The highest BCUT2D eigenvalue weighted by molar-refractivity contribution is 7.18. The molecule has 1 aromatic heterocycles. The van der Waals surface area contributed by atoms with Crippen molar-refractivity contribution >= 4 is 40.0 Å². The molecule has 0 atom stereocenters. The van der Waals surface area contributed by atoms with Crippen LogP contribution in [0.15, 0.2) is 18.2 Å². The van der Waals surface area contributed by atoms with Gasteiger partial charge in [-0.1, -0.05) is 6.07 Å². The van der Waals surface area contributed by atoms with Crippen molar-refractivity contribution in [1.82, 2.24) is 4.98 Å². The van der Waals surface area contributed by atoms with E-state index in [4.69, 9.17) is 15.0 Å². The van der Waals surface area contributed by atoms with Crippen LogP contribution in [0.3, 0.4) is 0 Å². The number of nitrogens with zero attached hydrogens (tertiary/aromatic N) is 1. The first-order valence-corrected chi connectivity index (χ1v) is 8.03. The maximum absolute atomic E-state index is 11.0. The Labute approximate surface area is 134 Å². The SMILES string of the molecule is CC1(C)OB(c2ccc3nc(CC(N)=O)sc3c2)OC1(C)C. The molecule has 0 radical (unpaired) electrons. The van der Waals surface area contributed by atoms with E-state index in [9.17, 15) is 4.79 Å². The number of benzene rings is 1. The van der Waals surface area contributed by atoms with Gasteiger partial charge in [-0.15, -0.1) is 11.3 Å². The Bertz CT molecular complexity index is 725. The largest absolute Gasteiger partial charge is 0.494 e. The summed E-state index contributed by atoms with van der Waals surface area (Å²) >= 11 is 1.48. The predicted molar refractivity (Wildman–Crippen MR) is 88.2 cm³/mol. The van der Waals surface area contributed by atoms with Crippen LogP contribution in [0.25, 0.3) is 10.2 Å². The van der Waals surface area contributed by atoms with Crippen LogP contribution in [-0.4, -0.2) is 29.2 Å². The van der Waals surface area contributed by atoms with Gasteiger partial charge in [-0.2, -0.15) is 0 Å². The number of amides is 1. The van der Waals surface area contributed by atoms with E-state index in [1.165, 1.54) is 11.3 Å². The Balaban J connectivity index is 1.91. The number of carbonyl (C=O) groups excluding carboxylic acids is 1. The summed E-state index contributed by atoms with van der Waals surface area (Å²) in [5.41, 5.74) is 6.32. The number of nitrogens with two attached hydrogens (primary N) is 1. The molecule has 0 unspecified atom stereocenters. The molecular formula is C15H19BN2O3S. The van der Waals surface area contributed by atoms with E-state index in [2.05, 4.69) is 4.98 Å². The molecule has 0 bridgehead atoms. The number of primary amides is 1. The van der Waals surface area contributed by atoms with Crippen LogP contribution in [0.4, 0.5) is 0 Å². The van der Waals surface area contributed by atoms with Gasteiger partial charge in [0.05, 0.1) is 27.8 Å². The summed E-state index contributed by atoms with van der Waals surface area (Å²) in [4.78, 5) is 15.4. The van der Waals surface area contributed by atoms with Crippen molar-refractivity contribution in [3.63, 3.8) is 0 Å². The Morgan fingerprint density at radius 2 is 1.91 bits per heavy atom. The van der Waals surface area contributed by atoms with Crippen LogP contribution in [0, 0.1) is 0 Å². The van der Waals surface area contributed by atoms with E-state index >= 15 is 0 Å². The predicted octanol–water partition coefficient (Wildman–Crippen LogP) is 1.62. The van der Waals surface area contributed by atoms with Crippen molar-refractivity contribution in [3.05, 3.63) is 23.2 Å². The molecule has 2 heterocycles. The highest BCUT2D eigenvalue weighted by atomic mass is 32.1. The van der Waals surface area contributed by atoms with Gasteiger partial charge in [-0.05, 0) is 45.3 Å². The third kappa shape index (κ3) is 2.64. The summed E-state index contributed by atoms with van der Waals surface area (Å²) in [6, 6.07) is 5.90. The molecule has 116 valence electrons. The van der Waals surface area contributed by atoms with Gasteiger partial charge in [0, 0.05) is 0 Å². The number of hydrogen-bond acceptors (Lipinski definition) is 5. The van der Waals surface area contributed by atoms with Crippen molar-refractivity contribution in [1.29, 1.82) is 0 Å². The minimum atomic E-state index is -0.393. The van der Waals surface area contributed by atoms with Crippen molar-refractivity contribution in [2.75, 3.05) is 0 Å². The number of fused-ring (bicyclic) bond motifs is 1. The lowest BCUT2D eigenvalue weighted by Crippen LogP contribution is -2.41. The van der Waals surface area contributed by atoms with Crippen LogP contribution < -0.4 is 11.2 Å². The standard InChI is InChI=1S/C15H19BN2O3S/c1-14(2)15(3,4)21-16(20-14)9-5-6-10-11(7-9)22-13(18-10)8-12(17)19/h5-7H,8H2,1-4H3,(H2,17,19). The molecule has 1 aromatic carbocycles. The smallest absolute Gasteiger partial charge is 0.399 e. The zero-order valence-corrected chi connectivity index (χ0v) is 14.0. The number of rotatable bonds is 3. The fourth-order valence-corrected chi connectivity index (χ4v) is 3.36. The van der Waals surface area contributed by atoms with Crippen LogP contribution in [0.1, 0.15) is 32.7 Å². The molecule has 1 fully saturated rings. The Morgan fingerprint density at radius 3 is 2.50 bits per heavy atom. The van der Waals surface area contributed by atoms with Crippen molar-refractivity contribution in [2.24, 2.45) is 5.73 Å². The zero-order chi connectivity index (χ0) is 16.1. The lowest BCUT2D eigenvalue weighted by Gasteiger charge is -2.32. The topological polar surface area (TPSA) is 74.4 Å². The summed E-state index contributed by atoms with van der Waals surface area (Å²) in [5.74, 6) is -0.370. The van der Waals surface area contributed by atoms with Crippen LogP contribution in [-0.2, 0) is 20.5 Å². The van der Waals surface area contributed by atoms with Gasteiger partial charge in [0.2, 0.25) is 5.91 Å². The number of hydrogen-bond donors (Lipinski definition) is 1. The lowest BCUT2D eigenvalue weighted by atomic mass is 9.79. The molecule has 1 saturated heterocycles. The van der Waals surface area contributed by atoms with E-state index < -0.39 is 7.12 Å². The normalized spacial score (nSPS) is 19.7. The second kappa shape index (κ2) is 5.04.